The number of thiol groups is 1. The first-order valence-corrected chi connectivity index (χ1v) is 7.93. The second-order valence-corrected chi connectivity index (χ2v) is 6.13. The molecule has 0 saturated heterocycles. The first-order valence-electron chi connectivity index (χ1n) is 6.26. The molecule has 6 heteroatoms. The van der Waals surface area contributed by atoms with Crippen LogP contribution in [0.4, 0.5) is 0 Å². The number of benzene rings is 1. The first kappa shape index (κ1) is 16.9. The highest BCUT2D eigenvalue weighted by Gasteiger charge is 2.19. The summed E-state index contributed by atoms with van der Waals surface area (Å²) in [4.78, 5) is 21.5. The van der Waals surface area contributed by atoms with Crippen LogP contribution in [0.3, 0.4) is 0 Å². The standard InChI is InChI=1S/C14H18O4S2/c15-13(16)7-6-11(14(17)18)8-20-9-12(19)10-4-2-1-3-5-10/h1-5,11-12,19H,6-9H2,(H,15,16)(H,17,18). The average molecular weight is 314 g/mol. The zero-order valence-electron chi connectivity index (χ0n) is 10.9. The molecule has 0 heterocycles. The van der Waals surface area contributed by atoms with Crippen LogP contribution in [0.25, 0.3) is 0 Å². The van der Waals surface area contributed by atoms with Gasteiger partial charge in [-0.1, -0.05) is 30.3 Å². The predicted molar refractivity (Wildman–Crippen MR) is 83.5 cm³/mol. The molecule has 0 aliphatic carbocycles. The molecular formula is C14H18O4S2. The summed E-state index contributed by atoms with van der Waals surface area (Å²) >= 11 is 5.99. The molecule has 0 aliphatic heterocycles. The molecule has 0 saturated carbocycles. The summed E-state index contributed by atoms with van der Waals surface area (Å²) in [5, 5.41) is 17.7. The Balaban J connectivity index is 2.36. The minimum absolute atomic E-state index is 0.0510. The van der Waals surface area contributed by atoms with Crippen LogP contribution in [-0.4, -0.2) is 33.7 Å². The Morgan fingerprint density at radius 3 is 2.35 bits per heavy atom. The summed E-state index contributed by atoms with van der Waals surface area (Å²) < 4.78 is 0. The van der Waals surface area contributed by atoms with E-state index in [1.54, 1.807) is 0 Å². The van der Waals surface area contributed by atoms with Crippen molar-refractivity contribution in [3.8, 4) is 0 Å². The Morgan fingerprint density at radius 1 is 1.15 bits per heavy atom. The Kier molecular flexibility index (Phi) is 7.54. The molecule has 0 spiro atoms. The van der Waals surface area contributed by atoms with Crippen LogP contribution in [-0.2, 0) is 9.59 Å². The molecule has 1 aromatic rings. The third-order valence-corrected chi connectivity index (χ3v) is 4.77. The van der Waals surface area contributed by atoms with Crippen molar-refractivity contribution in [2.24, 2.45) is 5.92 Å². The molecular weight excluding hydrogens is 296 g/mol. The van der Waals surface area contributed by atoms with E-state index in [-0.39, 0.29) is 18.1 Å². The molecule has 0 fully saturated rings. The minimum Gasteiger partial charge on any atom is -0.481 e. The van der Waals surface area contributed by atoms with Crippen LogP contribution in [0.5, 0.6) is 0 Å². The molecule has 0 amide bonds. The van der Waals surface area contributed by atoms with Crippen molar-refractivity contribution >= 4 is 36.3 Å². The van der Waals surface area contributed by atoms with E-state index in [4.69, 9.17) is 10.2 Å². The Morgan fingerprint density at radius 2 is 1.80 bits per heavy atom. The molecule has 0 radical (unpaired) electrons. The molecule has 0 aromatic heterocycles. The highest BCUT2D eigenvalue weighted by atomic mass is 32.2. The quantitative estimate of drug-likeness (QED) is 0.611. The minimum atomic E-state index is -0.961. The number of thioether (sulfide) groups is 1. The second-order valence-electron chi connectivity index (χ2n) is 4.43. The van der Waals surface area contributed by atoms with Gasteiger partial charge < -0.3 is 10.2 Å². The number of hydrogen-bond acceptors (Lipinski definition) is 4. The van der Waals surface area contributed by atoms with Gasteiger partial charge in [-0.15, -0.1) is 0 Å². The summed E-state index contributed by atoms with van der Waals surface area (Å²) in [6, 6.07) is 9.78. The van der Waals surface area contributed by atoms with E-state index in [2.05, 4.69) is 12.6 Å². The van der Waals surface area contributed by atoms with E-state index < -0.39 is 17.9 Å². The zero-order chi connectivity index (χ0) is 15.0. The molecule has 4 nitrogen and oxygen atoms in total. The summed E-state index contributed by atoms with van der Waals surface area (Å²) in [5.41, 5.74) is 1.10. The Labute approximate surface area is 128 Å². The highest BCUT2D eigenvalue weighted by Crippen LogP contribution is 2.26. The molecule has 0 aliphatic rings. The van der Waals surface area contributed by atoms with Gasteiger partial charge in [0, 0.05) is 23.2 Å². The lowest BCUT2D eigenvalue weighted by Gasteiger charge is -2.14. The fraction of sp³-hybridized carbons (Fsp3) is 0.429. The number of carboxylic acids is 2. The fourth-order valence-electron chi connectivity index (χ4n) is 1.67. The van der Waals surface area contributed by atoms with Gasteiger partial charge in [-0.05, 0) is 12.0 Å². The van der Waals surface area contributed by atoms with Gasteiger partial charge in [-0.3, -0.25) is 9.59 Å². The molecule has 2 atom stereocenters. The lowest BCUT2D eigenvalue weighted by molar-refractivity contribution is -0.142. The summed E-state index contributed by atoms with van der Waals surface area (Å²) in [6.07, 6.45) is 0.0563. The molecule has 0 bridgehead atoms. The van der Waals surface area contributed by atoms with Gasteiger partial charge in [-0.25, -0.2) is 0 Å². The SMILES string of the molecule is O=C(O)CCC(CSCC(S)c1ccccc1)C(=O)O. The van der Waals surface area contributed by atoms with Gasteiger partial charge in [0.15, 0.2) is 0 Å². The van der Waals surface area contributed by atoms with Gasteiger partial charge in [0.05, 0.1) is 5.92 Å². The van der Waals surface area contributed by atoms with E-state index in [1.165, 1.54) is 11.8 Å². The van der Waals surface area contributed by atoms with E-state index >= 15 is 0 Å². The second kappa shape index (κ2) is 8.92. The van der Waals surface area contributed by atoms with Crippen LogP contribution < -0.4 is 0 Å². The van der Waals surface area contributed by atoms with Gasteiger partial charge in [0.1, 0.15) is 0 Å². The third kappa shape index (κ3) is 6.34. The van der Waals surface area contributed by atoms with Crippen LogP contribution >= 0.6 is 24.4 Å². The summed E-state index contributed by atoms with van der Waals surface area (Å²) in [6.45, 7) is 0. The smallest absolute Gasteiger partial charge is 0.307 e. The third-order valence-electron chi connectivity index (χ3n) is 2.84. The van der Waals surface area contributed by atoms with Crippen molar-refractivity contribution in [3.63, 3.8) is 0 Å². The number of carbonyl (C=O) groups is 2. The molecule has 2 unspecified atom stereocenters. The van der Waals surface area contributed by atoms with E-state index in [0.717, 1.165) is 5.56 Å². The average Bonchev–Trinajstić information content (AvgIpc) is 2.42. The fourth-order valence-corrected chi connectivity index (χ4v) is 3.30. The van der Waals surface area contributed by atoms with Crippen molar-refractivity contribution < 1.29 is 19.8 Å². The lowest BCUT2D eigenvalue weighted by Crippen LogP contribution is -2.18. The highest BCUT2D eigenvalue weighted by molar-refractivity contribution is 8.00. The maximum atomic E-state index is 11.0. The van der Waals surface area contributed by atoms with E-state index in [9.17, 15) is 9.59 Å². The topological polar surface area (TPSA) is 74.6 Å². The predicted octanol–water partition coefficient (Wildman–Crippen LogP) is 2.96. The van der Waals surface area contributed by atoms with Crippen molar-refractivity contribution in [2.45, 2.75) is 18.1 Å². The molecule has 2 N–H and O–H groups in total. The zero-order valence-corrected chi connectivity index (χ0v) is 12.6. The van der Waals surface area contributed by atoms with E-state index in [1.807, 2.05) is 30.3 Å². The Bertz CT molecular complexity index is 436. The van der Waals surface area contributed by atoms with Gasteiger partial charge >= 0.3 is 11.9 Å². The lowest BCUT2D eigenvalue weighted by atomic mass is 10.1. The Hall–Kier alpha value is -1.14. The largest absolute Gasteiger partial charge is 0.481 e. The van der Waals surface area contributed by atoms with Gasteiger partial charge in [0.2, 0.25) is 0 Å². The van der Waals surface area contributed by atoms with Crippen molar-refractivity contribution in [1.82, 2.24) is 0 Å². The number of aliphatic carboxylic acids is 2. The van der Waals surface area contributed by atoms with Crippen molar-refractivity contribution in [1.29, 1.82) is 0 Å². The first-order chi connectivity index (χ1) is 9.50. The van der Waals surface area contributed by atoms with Crippen LogP contribution in [0.1, 0.15) is 23.7 Å². The molecule has 1 aromatic carbocycles. The van der Waals surface area contributed by atoms with E-state index in [0.29, 0.717) is 11.5 Å². The number of carboxylic acid groups (broad SMARTS) is 2. The number of rotatable bonds is 9. The van der Waals surface area contributed by atoms with Crippen molar-refractivity contribution in [3.05, 3.63) is 35.9 Å². The van der Waals surface area contributed by atoms with Crippen LogP contribution in [0.15, 0.2) is 30.3 Å². The molecule has 20 heavy (non-hydrogen) atoms. The maximum absolute atomic E-state index is 11.0. The van der Waals surface area contributed by atoms with Crippen LogP contribution in [0.2, 0.25) is 0 Å². The normalized spacial score (nSPS) is 13.7. The van der Waals surface area contributed by atoms with Crippen molar-refractivity contribution in [2.75, 3.05) is 11.5 Å². The monoisotopic (exact) mass is 314 g/mol. The summed E-state index contributed by atoms with van der Waals surface area (Å²) in [5.74, 6) is -1.41. The summed E-state index contributed by atoms with van der Waals surface area (Å²) in [7, 11) is 0. The van der Waals surface area contributed by atoms with Crippen LogP contribution in [0, 0.1) is 5.92 Å². The molecule has 110 valence electrons. The van der Waals surface area contributed by atoms with Gasteiger partial charge in [-0.2, -0.15) is 24.4 Å². The number of hydrogen-bond donors (Lipinski definition) is 3. The van der Waals surface area contributed by atoms with Gasteiger partial charge in [0.25, 0.3) is 0 Å². The maximum Gasteiger partial charge on any atom is 0.307 e. The molecule has 1 rings (SSSR count).